The summed E-state index contributed by atoms with van der Waals surface area (Å²) in [6.07, 6.45) is 0.494. The first kappa shape index (κ1) is 15.0. The molecule has 5 nitrogen and oxygen atoms in total. The Hall–Kier alpha value is -1.40. The van der Waals surface area contributed by atoms with Gasteiger partial charge in [0.2, 0.25) is 5.91 Å². The van der Waals surface area contributed by atoms with Gasteiger partial charge in [-0.1, -0.05) is 18.2 Å². The molecule has 0 saturated carbocycles. The maximum atomic E-state index is 12.0. The summed E-state index contributed by atoms with van der Waals surface area (Å²) >= 11 is 0. The van der Waals surface area contributed by atoms with Crippen molar-refractivity contribution in [1.82, 2.24) is 10.6 Å². The van der Waals surface area contributed by atoms with Crippen LogP contribution in [-0.2, 0) is 14.6 Å². The largest absolute Gasteiger partial charge is 0.353 e. The van der Waals surface area contributed by atoms with E-state index in [1.165, 1.54) is 0 Å². The van der Waals surface area contributed by atoms with Gasteiger partial charge < -0.3 is 10.6 Å². The average Bonchev–Trinajstić information content (AvgIpc) is 2.37. The third kappa shape index (κ3) is 3.37. The Morgan fingerprint density at radius 1 is 1.35 bits per heavy atom. The van der Waals surface area contributed by atoms with E-state index in [9.17, 15) is 13.2 Å². The predicted octanol–water partition coefficient (Wildman–Crippen LogP) is 1.02. The summed E-state index contributed by atoms with van der Waals surface area (Å²) in [5, 5.41) is 5.95. The van der Waals surface area contributed by atoms with Gasteiger partial charge in [0.05, 0.1) is 17.2 Å². The van der Waals surface area contributed by atoms with Crippen LogP contribution in [0, 0.1) is 0 Å². The number of sulfone groups is 1. The first-order chi connectivity index (χ1) is 9.40. The lowest BCUT2D eigenvalue weighted by Gasteiger charge is -2.26. The van der Waals surface area contributed by atoms with Crippen LogP contribution in [-0.4, -0.2) is 32.7 Å². The number of carbonyl (C=O) groups is 1. The van der Waals surface area contributed by atoms with Gasteiger partial charge >= 0.3 is 0 Å². The minimum absolute atomic E-state index is 0.0779. The molecule has 1 unspecified atom stereocenters. The summed E-state index contributed by atoms with van der Waals surface area (Å²) in [6.45, 7) is 4.00. The molecule has 0 aromatic heterocycles. The minimum Gasteiger partial charge on any atom is -0.353 e. The molecule has 0 spiro atoms. The number of carbonyl (C=O) groups excluding carboxylic acids is 1. The second-order valence-corrected chi connectivity index (χ2v) is 7.38. The lowest BCUT2D eigenvalue weighted by molar-refractivity contribution is -0.120. The van der Waals surface area contributed by atoms with Crippen molar-refractivity contribution >= 4 is 15.7 Å². The monoisotopic (exact) mass is 296 g/mol. The van der Waals surface area contributed by atoms with Gasteiger partial charge in [-0.15, -0.1) is 0 Å². The van der Waals surface area contributed by atoms with E-state index in [2.05, 4.69) is 10.6 Å². The molecule has 1 aliphatic rings. The summed E-state index contributed by atoms with van der Waals surface area (Å²) in [5.74, 6) is 0.0407. The normalized spacial score (nSPS) is 20.4. The zero-order chi connectivity index (χ0) is 14.8. The summed E-state index contributed by atoms with van der Waals surface area (Å²) in [6, 6.07) is 7.00. The van der Waals surface area contributed by atoms with Gasteiger partial charge in [-0.25, -0.2) is 8.42 Å². The maximum Gasteiger partial charge on any atom is 0.234 e. The van der Waals surface area contributed by atoms with Crippen LogP contribution < -0.4 is 10.6 Å². The van der Waals surface area contributed by atoms with E-state index >= 15 is 0 Å². The molecule has 0 saturated heterocycles. The Kier molecular flexibility index (Phi) is 4.45. The van der Waals surface area contributed by atoms with Crippen molar-refractivity contribution in [2.45, 2.75) is 37.2 Å². The smallest absolute Gasteiger partial charge is 0.234 e. The number of amides is 1. The highest BCUT2D eigenvalue weighted by Gasteiger charge is 2.29. The highest BCUT2D eigenvalue weighted by atomic mass is 32.2. The summed E-state index contributed by atoms with van der Waals surface area (Å²) < 4.78 is 24.0. The molecule has 20 heavy (non-hydrogen) atoms. The van der Waals surface area contributed by atoms with E-state index in [0.717, 1.165) is 5.56 Å². The van der Waals surface area contributed by atoms with Crippen molar-refractivity contribution < 1.29 is 13.2 Å². The Labute approximate surface area is 119 Å². The van der Waals surface area contributed by atoms with Crippen molar-refractivity contribution in [3.8, 4) is 0 Å². The van der Waals surface area contributed by atoms with Crippen LogP contribution in [0.5, 0.6) is 0 Å². The molecule has 0 bridgehead atoms. The van der Waals surface area contributed by atoms with Crippen LogP contribution in [0.4, 0.5) is 0 Å². The van der Waals surface area contributed by atoms with Crippen LogP contribution >= 0.6 is 0 Å². The number of benzene rings is 1. The molecular weight excluding hydrogens is 276 g/mol. The van der Waals surface area contributed by atoms with Gasteiger partial charge in [0.1, 0.15) is 0 Å². The van der Waals surface area contributed by atoms with Crippen LogP contribution in [0.15, 0.2) is 29.2 Å². The Morgan fingerprint density at radius 3 is 2.75 bits per heavy atom. The van der Waals surface area contributed by atoms with E-state index in [1.807, 2.05) is 26.0 Å². The van der Waals surface area contributed by atoms with Gasteiger partial charge in [-0.05, 0) is 31.9 Å². The fourth-order valence-electron chi connectivity index (χ4n) is 2.39. The summed E-state index contributed by atoms with van der Waals surface area (Å²) in [7, 11) is -3.17. The van der Waals surface area contributed by atoms with Crippen LogP contribution in [0.1, 0.15) is 31.9 Å². The maximum absolute atomic E-state index is 12.0. The lowest BCUT2D eigenvalue weighted by atomic mass is 10.0. The minimum atomic E-state index is -3.17. The topological polar surface area (TPSA) is 75.3 Å². The molecule has 1 heterocycles. The number of fused-ring (bicyclic) bond motifs is 1. The Morgan fingerprint density at radius 2 is 2.05 bits per heavy atom. The molecule has 1 aliphatic heterocycles. The molecule has 1 aromatic carbocycles. The van der Waals surface area contributed by atoms with Crippen molar-refractivity contribution in [3.63, 3.8) is 0 Å². The van der Waals surface area contributed by atoms with E-state index in [-0.39, 0.29) is 30.3 Å². The van der Waals surface area contributed by atoms with E-state index in [1.54, 1.807) is 12.1 Å². The second-order valence-electron chi connectivity index (χ2n) is 5.30. The van der Waals surface area contributed by atoms with Gasteiger partial charge in [0, 0.05) is 12.1 Å². The van der Waals surface area contributed by atoms with E-state index in [0.29, 0.717) is 11.3 Å². The quantitative estimate of drug-likeness (QED) is 0.870. The second kappa shape index (κ2) is 5.93. The summed E-state index contributed by atoms with van der Waals surface area (Å²) in [5.41, 5.74) is 0.760. The third-order valence-corrected chi connectivity index (χ3v) is 5.08. The predicted molar refractivity (Wildman–Crippen MR) is 77.1 cm³/mol. The van der Waals surface area contributed by atoms with Crippen LogP contribution in [0.2, 0.25) is 0 Å². The lowest BCUT2D eigenvalue weighted by Crippen LogP contribution is -2.40. The number of nitrogens with one attached hydrogen (secondary N) is 2. The third-order valence-electron chi connectivity index (χ3n) is 3.26. The molecule has 6 heteroatoms. The number of rotatable bonds is 4. The Bertz CT molecular complexity index is 596. The average molecular weight is 296 g/mol. The summed E-state index contributed by atoms with van der Waals surface area (Å²) in [4.78, 5) is 12.0. The van der Waals surface area contributed by atoms with Gasteiger partial charge in [0.25, 0.3) is 0 Å². The SMILES string of the molecule is CC(C)NC(=O)CNC1CCS(=O)(=O)c2ccccc21. The first-order valence-corrected chi connectivity index (χ1v) is 8.40. The van der Waals surface area contributed by atoms with Gasteiger partial charge in [0.15, 0.2) is 9.84 Å². The standard InChI is InChI=1S/C14H20N2O3S/c1-10(2)16-14(17)9-15-12-7-8-20(18,19)13-6-4-3-5-11(12)13/h3-6,10,12,15H,7-9H2,1-2H3,(H,16,17). The van der Waals surface area contributed by atoms with Gasteiger partial charge in [-0.2, -0.15) is 0 Å². The molecule has 2 N–H and O–H groups in total. The molecule has 0 fully saturated rings. The molecule has 1 aromatic rings. The molecule has 0 radical (unpaired) electrons. The molecular formula is C14H20N2O3S. The molecule has 2 rings (SSSR count). The van der Waals surface area contributed by atoms with E-state index in [4.69, 9.17) is 0 Å². The highest BCUT2D eigenvalue weighted by molar-refractivity contribution is 7.91. The zero-order valence-corrected chi connectivity index (χ0v) is 12.5. The molecule has 1 amide bonds. The van der Waals surface area contributed by atoms with E-state index < -0.39 is 9.84 Å². The van der Waals surface area contributed by atoms with Crippen molar-refractivity contribution in [1.29, 1.82) is 0 Å². The van der Waals surface area contributed by atoms with Crippen molar-refractivity contribution in [2.75, 3.05) is 12.3 Å². The van der Waals surface area contributed by atoms with Crippen LogP contribution in [0.3, 0.4) is 0 Å². The zero-order valence-electron chi connectivity index (χ0n) is 11.7. The molecule has 1 atom stereocenters. The van der Waals surface area contributed by atoms with Gasteiger partial charge in [-0.3, -0.25) is 4.79 Å². The molecule has 110 valence electrons. The Balaban J connectivity index is 2.10. The molecule has 0 aliphatic carbocycles. The fraction of sp³-hybridized carbons (Fsp3) is 0.500. The fourth-order valence-corrected chi connectivity index (χ4v) is 4.01. The number of hydrogen-bond acceptors (Lipinski definition) is 4. The van der Waals surface area contributed by atoms with Crippen LogP contribution in [0.25, 0.3) is 0 Å². The van der Waals surface area contributed by atoms with Crippen molar-refractivity contribution in [3.05, 3.63) is 29.8 Å². The highest BCUT2D eigenvalue weighted by Crippen LogP contribution is 2.31. The number of hydrogen-bond donors (Lipinski definition) is 2. The van der Waals surface area contributed by atoms with Crippen molar-refractivity contribution in [2.24, 2.45) is 0 Å². The first-order valence-electron chi connectivity index (χ1n) is 6.74.